The van der Waals surface area contributed by atoms with Crippen molar-refractivity contribution in [1.29, 1.82) is 0 Å². The SMILES string of the molecule is CCCCC(C(=O)OC)C1(O)CSC(C)C1. The number of aliphatic hydroxyl groups is 1. The highest BCUT2D eigenvalue weighted by molar-refractivity contribution is 8.00. The molecular formula is C12H22O3S. The van der Waals surface area contributed by atoms with Crippen molar-refractivity contribution >= 4 is 17.7 Å². The zero-order valence-electron chi connectivity index (χ0n) is 10.4. The van der Waals surface area contributed by atoms with Gasteiger partial charge in [-0.15, -0.1) is 0 Å². The van der Waals surface area contributed by atoms with E-state index in [1.54, 1.807) is 11.8 Å². The third-order valence-corrected chi connectivity index (χ3v) is 4.64. The summed E-state index contributed by atoms with van der Waals surface area (Å²) in [5.41, 5.74) is -0.855. The molecular weight excluding hydrogens is 224 g/mol. The first-order chi connectivity index (χ1) is 7.53. The molecule has 3 atom stereocenters. The van der Waals surface area contributed by atoms with Crippen LogP contribution in [0.4, 0.5) is 0 Å². The van der Waals surface area contributed by atoms with Crippen LogP contribution >= 0.6 is 11.8 Å². The lowest BCUT2D eigenvalue weighted by Gasteiger charge is -2.30. The number of unbranched alkanes of at least 4 members (excludes halogenated alkanes) is 1. The van der Waals surface area contributed by atoms with Crippen LogP contribution in [-0.4, -0.2) is 34.8 Å². The van der Waals surface area contributed by atoms with Gasteiger partial charge in [0.2, 0.25) is 0 Å². The standard InChI is InChI=1S/C12H22O3S/c1-4-5-6-10(11(13)15-3)12(14)7-9(2)16-8-12/h9-10,14H,4-8H2,1-3H3. The van der Waals surface area contributed by atoms with E-state index in [0.717, 1.165) is 19.3 Å². The van der Waals surface area contributed by atoms with E-state index in [1.807, 2.05) is 0 Å². The van der Waals surface area contributed by atoms with E-state index < -0.39 is 5.60 Å². The van der Waals surface area contributed by atoms with Gasteiger partial charge >= 0.3 is 5.97 Å². The van der Waals surface area contributed by atoms with E-state index in [0.29, 0.717) is 17.4 Å². The number of hydrogen-bond donors (Lipinski definition) is 1. The quantitative estimate of drug-likeness (QED) is 0.756. The molecule has 0 aromatic carbocycles. The molecule has 94 valence electrons. The van der Waals surface area contributed by atoms with Gasteiger partial charge in [-0.1, -0.05) is 26.7 Å². The maximum atomic E-state index is 11.7. The lowest BCUT2D eigenvalue weighted by atomic mass is 9.82. The van der Waals surface area contributed by atoms with Gasteiger partial charge in [-0.3, -0.25) is 4.79 Å². The van der Waals surface area contributed by atoms with Crippen LogP contribution in [0.15, 0.2) is 0 Å². The van der Waals surface area contributed by atoms with Gasteiger partial charge in [-0.05, 0) is 12.8 Å². The van der Waals surface area contributed by atoms with Gasteiger partial charge < -0.3 is 9.84 Å². The van der Waals surface area contributed by atoms with Crippen LogP contribution in [0.1, 0.15) is 39.5 Å². The summed E-state index contributed by atoms with van der Waals surface area (Å²) >= 11 is 1.74. The second kappa shape index (κ2) is 5.92. The Morgan fingerprint density at radius 3 is 2.81 bits per heavy atom. The molecule has 1 fully saturated rings. The predicted octanol–water partition coefficient (Wildman–Crippen LogP) is 2.22. The zero-order valence-corrected chi connectivity index (χ0v) is 11.2. The smallest absolute Gasteiger partial charge is 0.311 e. The molecule has 1 heterocycles. The fraction of sp³-hybridized carbons (Fsp3) is 0.917. The summed E-state index contributed by atoms with van der Waals surface area (Å²) in [4.78, 5) is 11.7. The molecule has 0 bridgehead atoms. The Labute approximate surface area is 102 Å². The van der Waals surface area contributed by atoms with E-state index in [4.69, 9.17) is 4.74 Å². The average Bonchev–Trinajstić information content (AvgIpc) is 2.59. The van der Waals surface area contributed by atoms with Crippen molar-refractivity contribution < 1.29 is 14.6 Å². The first kappa shape index (κ1) is 13.8. The third kappa shape index (κ3) is 3.14. The van der Waals surface area contributed by atoms with Gasteiger partial charge in [-0.2, -0.15) is 11.8 Å². The molecule has 0 radical (unpaired) electrons. The summed E-state index contributed by atoms with van der Waals surface area (Å²) in [6.45, 7) is 4.18. The Morgan fingerprint density at radius 1 is 1.69 bits per heavy atom. The third-order valence-electron chi connectivity index (χ3n) is 3.24. The van der Waals surface area contributed by atoms with Crippen molar-refractivity contribution in [3.8, 4) is 0 Å². The molecule has 0 aliphatic carbocycles. The minimum absolute atomic E-state index is 0.259. The summed E-state index contributed by atoms with van der Waals surface area (Å²) in [6.07, 6.45) is 3.42. The highest BCUT2D eigenvalue weighted by Crippen LogP contribution is 2.41. The van der Waals surface area contributed by atoms with Crippen LogP contribution in [-0.2, 0) is 9.53 Å². The molecule has 0 aromatic rings. The maximum absolute atomic E-state index is 11.7. The van der Waals surface area contributed by atoms with Crippen molar-refractivity contribution in [3.63, 3.8) is 0 Å². The van der Waals surface area contributed by atoms with E-state index in [1.165, 1.54) is 7.11 Å². The number of methoxy groups -OCH3 is 1. The average molecular weight is 246 g/mol. The van der Waals surface area contributed by atoms with Crippen LogP contribution in [0.5, 0.6) is 0 Å². The molecule has 16 heavy (non-hydrogen) atoms. The van der Waals surface area contributed by atoms with Gasteiger partial charge in [0, 0.05) is 11.0 Å². The maximum Gasteiger partial charge on any atom is 0.311 e. The molecule has 0 spiro atoms. The molecule has 4 heteroatoms. The minimum Gasteiger partial charge on any atom is -0.469 e. The Morgan fingerprint density at radius 2 is 2.38 bits per heavy atom. The Hall–Kier alpha value is -0.220. The second-order valence-corrected chi connectivity index (χ2v) is 6.07. The number of carbonyl (C=O) groups excluding carboxylic acids is 1. The Kier molecular flexibility index (Phi) is 5.12. The van der Waals surface area contributed by atoms with E-state index >= 15 is 0 Å². The van der Waals surface area contributed by atoms with E-state index in [2.05, 4.69) is 13.8 Å². The van der Waals surface area contributed by atoms with Crippen molar-refractivity contribution in [2.24, 2.45) is 5.92 Å². The molecule has 0 amide bonds. The normalized spacial score (nSPS) is 31.4. The molecule has 3 nitrogen and oxygen atoms in total. The van der Waals surface area contributed by atoms with Crippen LogP contribution < -0.4 is 0 Å². The molecule has 1 aliphatic heterocycles. The molecule has 1 saturated heterocycles. The second-order valence-electron chi connectivity index (χ2n) is 4.65. The van der Waals surface area contributed by atoms with Crippen LogP contribution in [0.2, 0.25) is 0 Å². The minimum atomic E-state index is -0.855. The molecule has 1 N–H and O–H groups in total. The highest BCUT2D eigenvalue weighted by Gasteiger charge is 2.46. The van der Waals surface area contributed by atoms with Crippen molar-refractivity contribution in [1.82, 2.24) is 0 Å². The van der Waals surface area contributed by atoms with Gasteiger partial charge in [0.15, 0.2) is 0 Å². The molecule has 3 unspecified atom stereocenters. The fourth-order valence-corrected chi connectivity index (χ4v) is 3.60. The van der Waals surface area contributed by atoms with E-state index in [9.17, 15) is 9.90 Å². The van der Waals surface area contributed by atoms with Gasteiger partial charge in [0.1, 0.15) is 0 Å². The lowest BCUT2D eigenvalue weighted by Crippen LogP contribution is -2.43. The summed E-state index contributed by atoms with van der Waals surface area (Å²) < 4.78 is 4.81. The van der Waals surface area contributed by atoms with Crippen LogP contribution in [0.3, 0.4) is 0 Å². The monoisotopic (exact) mass is 246 g/mol. The number of rotatable bonds is 5. The van der Waals surface area contributed by atoms with Crippen molar-refractivity contribution in [2.75, 3.05) is 12.9 Å². The molecule has 0 saturated carbocycles. The van der Waals surface area contributed by atoms with E-state index in [-0.39, 0.29) is 11.9 Å². The van der Waals surface area contributed by atoms with Crippen molar-refractivity contribution in [3.05, 3.63) is 0 Å². The van der Waals surface area contributed by atoms with Crippen LogP contribution in [0.25, 0.3) is 0 Å². The summed E-state index contributed by atoms with van der Waals surface area (Å²) in [7, 11) is 1.40. The summed E-state index contributed by atoms with van der Waals surface area (Å²) in [6, 6.07) is 0. The van der Waals surface area contributed by atoms with Crippen LogP contribution in [0, 0.1) is 5.92 Å². The lowest BCUT2D eigenvalue weighted by molar-refractivity contribution is -0.155. The zero-order chi connectivity index (χ0) is 12.2. The fourth-order valence-electron chi connectivity index (χ4n) is 2.30. The number of thioether (sulfide) groups is 1. The van der Waals surface area contributed by atoms with Gasteiger partial charge in [-0.25, -0.2) is 0 Å². The highest BCUT2D eigenvalue weighted by atomic mass is 32.2. The van der Waals surface area contributed by atoms with Crippen molar-refractivity contribution in [2.45, 2.75) is 50.4 Å². The predicted molar refractivity (Wildman–Crippen MR) is 66.5 cm³/mol. The molecule has 1 aliphatic rings. The molecule has 1 rings (SSSR count). The largest absolute Gasteiger partial charge is 0.469 e. The number of ether oxygens (including phenoxy) is 1. The molecule has 0 aromatic heterocycles. The summed E-state index contributed by atoms with van der Waals surface area (Å²) in [5, 5.41) is 11.0. The number of hydrogen-bond acceptors (Lipinski definition) is 4. The Balaban J connectivity index is 2.71. The Bertz CT molecular complexity index is 244. The van der Waals surface area contributed by atoms with Gasteiger partial charge in [0.25, 0.3) is 0 Å². The first-order valence-electron chi connectivity index (χ1n) is 5.95. The first-order valence-corrected chi connectivity index (χ1v) is 7.00. The number of carbonyl (C=O) groups is 1. The topological polar surface area (TPSA) is 46.5 Å². The number of esters is 1. The van der Waals surface area contributed by atoms with Gasteiger partial charge in [0.05, 0.1) is 18.6 Å². The summed E-state index contributed by atoms with van der Waals surface area (Å²) in [5.74, 6) is 0.0398.